The van der Waals surface area contributed by atoms with Crippen molar-refractivity contribution in [2.75, 3.05) is 19.8 Å². The zero-order chi connectivity index (χ0) is 14.9. The lowest BCUT2D eigenvalue weighted by atomic mass is 10.2. The predicted molar refractivity (Wildman–Crippen MR) is 76.4 cm³/mol. The van der Waals surface area contributed by atoms with Crippen molar-refractivity contribution < 1.29 is 19.5 Å². The largest absolute Gasteiger partial charge is 0.477 e. The van der Waals surface area contributed by atoms with Gasteiger partial charge >= 0.3 is 5.97 Å². The number of carbonyl (C=O) groups is 3. The number of nitrogens with one attached hydrogen (secondary N) is 1. The van der Waals surface area contributed by atoms with Crippen LogP contribution in [0.4, 0.5) is 0 Å². The Morgan fingerprint density at radius 2 is 2.30 bits per heavy atom. The van der Waals surface area contributed by atoms with Gasteiger partial charge in [-0.1, -0.05) is 11.8 Å². The summed E-state index contributed by atoms with van der Waals surface area (Å²) < 4.78 is 0.619. The number of hydrogen-bond donors (Lipinski definition) is 2. The van der Waals surface area contributed by atoms with Crippen LogP contribution in [-0.4, -0.2) is 58.0 Å². The normalized spacial score (nSPS) is 20.8. The minimum Gasteiger partial charge on any atom is -0.477 e. The van der Waals surface area contributed by atoms with Crippen molar-refractivity contribution in [3.63, 3.8) is 0 Å². The van der Waals surface area contributed by atoms with E-state index in [1.165, 1.54) is 33.4 Å². The van der Waals surface area contributed by atoms with Gasteiger partial charge < -0.3 is 5.11 Å². The second-order valence-corrected chi connectivity index (χ2v) is 6.81. The molecule has 110 valence electrons. The van der Waals surface area contributed by atoms with Gasteiger partial charge in [-0.2, -0.15) is 0 Å². The van der Waals surface area contributed by atoms with Gasteiger partial charge in [0.15, 0.2) is 5.70 Å². The molecule has 7 nitrogen and oxygen atoms in total. The number of carboxylic acid groups (broad SMARTS) is 1. The van der Waals surface area contributed by atoms with Gasteiger partial charge in [-0.15, -0.1) is 11.8 Å². The van der Waals surface area contributed by atoms with Crippen molar-refractivity contribution in [3.8, 4) is 0 Å². The summed E-state index contributed by atoms with van der Waals surface area (Å²) in [5.74, 6) is -0.825. The Bertz CT molecular complexity index is 494. The van der Waals surface area contributed by atoms with E-state index in [1.807, 2.05) is 0 Å². The van der Waals surface area contributed by atoms with Gasteiger partial charge in [0.25, 0.3) is 0 Å². The Balaban J connectivity index is 1.94. The number of hydrogen-bond acceptors (Lipinski definition) is 6. The third kappa shape index (κ3) is 2.79. The van der Waals surface area contributed by atoms with Crippen LogP contribution in [0.3, 0.4) is 0 Å². The van der Waals surface area contributed by atoms with Gasteiger partial charge in [-0.3, -0.25) is 19.5 Å². The van der Waals surface area contributed by atoms with E-state index < -0.39 is 5.97 Å². The molecule has 0 aromatic carbocycles. The van der Waals surface area contributed by atoms with Gasteiger partial charge in [-0.05, 0) is 0 Å². The first-order valence-corrected chi connectivity index (χ1v) is 7.85. The minimum absolute atomic E-state index is 0.0654. The summed E-state index contributed by atoms with van der Waals surface area (Å²) in [6.45, 7) is 0. The van der Waals surface area contributed by atoms with E-state index in [4.69, 9.17) is 0 Å². The zero-order valence-corrected chi connectivity index (χ0v) is 12.7. The molecule has 0 saturated carbocycles. The molecule has 0 aliphatic carbocycles. The molecule has 0 radical (unpaired) electrons. The van der Waals surface area contributed by atoms with Crippen LogP contribution in [0, 0.1) is 0 Å². The summed E-state index contributed by atoms with van der Waals surface area (Å²) in [4.78, 5) is 35.6. The highest BCUT2D eigenvalue weighted by Crippen LogP contribution is 2.50. The molecule has 0 bridgehead atoms. The number of thioether (sulfide) groups is 2. The minimum atomic E-state index is -1.09. The summed E-state index contributed by atoms with van der Waals surface area (Å²) in [7, 11) is 3.28. The molecule has 0 unspecified atom stereocenters. The van der Waals surface area contributed by atoms with E-state index in [-0.39, 0.29) is 22.9 Å². The fourth-order valence-electron chi connectivity index (χ4n) is 1.84. The van der Waals surface area contributed by atoms with Crippen LogP contribution < -0.4 is 5.43 Å². The van der Waals surface area contributed by atoms with Crippen LogP contribution >= 0.6 is 23.5 Å². The zero-order valence-electron chi connectivity index (χ0n) is 11.1. The molecule has 9 heteroatoms. The molecule has 0 spiro atoms. The van der Waals surface area contributed by atoms with Gasteiger partial charge in [0.1, 0.15) is 0 Å². The summed E-state index contributed by atoms with van der Waals surface area (Å²) >= 11 is 2.71. The molecule has 0 aromatic rings. The lowest BCUT2D eigenvalue weighted by Crippen LogP contribution is -2.48. The Hall–Kier alpha value is -1.19. The highest BCUT2D eigenvalue weighted by atomic mass is 32.2. The lowest BCUT2D eigenvalue weighted by molar-refractivity contribution is -0.145. The van der Waals surface area contributed by atoms with Gasteiger partial charge in [-0.25, -0.2) is 10.2 Å². The average Bonchev–Trinajstić information content (AvgIpc) is 2.70. The molecule has 1 saturated heterocycles. The maximum Gasteiger partial charge on any atom is 0.354 e. The molecule has 2 rings (SSSR count). The maximum absolute atomic E-state index is 11.6. The van der Waals surface area contributed by atoms with E-state index >= 15 is 0 Å². The molecule has 0 aromatic heterocycles. The Labute approximate surface area is 124 Å². The fraction of sp³-hybridized carbons (Fsp3) is 0.545. The van der Waals surface area contributed by atoms with Crippen molar-refractivity contribution >= 4 is 41.3 Å². The standard InChI is InChI=1S/C11H15N3O4S2/c1-12-13(2)6(15)3-4-19-11-9(10(17)18)14-7(16)5-8(14)20-11/h8,12H,3-5H2,1-2H3,(H,17,18)/t8-/m1/s1. The first-order valence-electron chi connectivity index (χ1n) is 5.98. The van der Waals surface area contributed by atoms with Crippen molar-refractivity contribution in [2.45, 2.75) is 18.2 Å². The van der Waals surface area contributed by atoms with Crippen molar-refractivity contribution in [3.05, 3.63) is 9.93 Å². The van der Waals surface area contributed by atoms with Crippen LogP contribution in [0.1, 0.15) is 12.8 Å². The van der Waals surface area contributed by atoms with Crippen molar-refractivity contribution in [1.82, 2.24) is 15.3 Å². The smallest absolute Gasteiger partial charge is 0.354 e. The first-order chi connectivity index (χ1) is 9.45. The van der Waals surface area contributed by atoms with E-state index in [0.717, 1.165) is 0 Å². The first kappa shape index (κ1) is 15.2. The van der Waals surface area contributed by atoms with Crippen LogP contribution in [0.5, 0.6) is 0 Å². The average molecular weight is 317 g/mol. The molecule has 2 aliphatic heterocycles. The Morgan fingerprint density at radius 3 is 2.85 bits per heavy atom. The third-order valence-corrected chi connectivity index (χ3v) is 5.61. The second kappa shape index (κ2) is 6.06. The van der Waals surface area contributed by atoms with Gasteiger partial charge in [0, 0.05) is 26.3 Å². The number of carboxylic acids is 1. The number of β-lactam (4-membered cyclic amide) rings is 1. The lowest BCUT2D eigenvalue weighted by Gasteiger charge is -2.33. The number of fused-ring (bicyclic) bond motifs is 1. The summed E-state index contributed by atoms with van der Waals surface area (Å²) in [5, 5.41) is 10.5. The molecule has 20 heavy (non-hydrogen) atoms. The maximum atomic E-state index is 11.6. The number of amides is 2. The monoisotopic (exact) mass is 317 g/mol. The molecule has 2 heterocycles. The van der Waals surface area contributed by atoms with Crippen LogP contribution in [0.25, 0.3) is 0 Å². The van der Waals surface area contributed by atoms with E-state index in [1.54, 1.807) is 14.1 Å². The number of hydrazine groups is 1. The predicted octanol–water partition coefficient (Wildman–Crippen LogP) is 0.261. The number of aliphatic carboxylic acids is 1. The quantitative estimate of drug-likeness (QED) is 0.536. The van der Waals surface area contributed by atoms with E-state index in [9.17, 15) is 19.5 Å². The molecule has 1 atom stereocenters. The summed E-state index contributed by atoms with van der Waals surface area (Å²) in [5.41, 5.74) is 2.78. The number of carbonyl (C=O) groups excluding carboxylic acids is 2. The van der Waals surface area contributed by atoms with Crippen molar-refractivity contribution in [1.29, 1.82) is 0 Å². The fourth-order valence-corrected chi connectivity index (χ4v) is 4.58. The molecule has 2 amide bonds. The van der Waals surface area contributed by atoms with Crippen LogP contribution in [-0.2, 0) is 14.4 Å². The molecule has 2 N–H and O–H groups in total. The van der Waals surface area contributed by atoms with E-state index in [2.05, 4.69) is 5.43 Å². The van der Waals surface area contributed by atoms with Crippen molar-refractivity contribution in [2.24, 2.45) is 0 Å². The third-order valence-electron chi connectivity index (χ3n) is 3.04. The molecule has 1 fully saturated rings. The summed E-state index contributed by atoms with van der Waals surface area (Å²) in [6.07, 6.45) is 0.685. The Kier molecular flexibility index (Phi) is 4.61. The van der Waals surface area contributed by atoms with Crippen LogP contribution in [0.15, 0.2) is 9.93 Å². The Morgan fingerprint density at radius 1 is 1.60 bits per heavy atom. The van der Waals surface area contributed by atoms with Gasteiger partial charge in [0.2, 0.25) is 11.8 Å². The topological polar surface area (TPSA) is 89.9 Å². The number of rotatable bonds is 6. The molecular formula is C11H15N3O4S2. The summed E-state index contributed by atoms with van der Waals surface area (Å²) in [6, 6.07) is 0. The number of nitrogens with zero attached hydrogens (tertiary/aromatic N) is 2. The molecule has 2 aliphatic rings. The highest BCUT2D eigenvalue weighted by Gasteiger charge is 2.48. The molecular weight excluding hydrogens is 302 g/mol. The van der Waals surface area contributed by atoms with Gasteiger partial charge in [0.05, 0.1) is 16.0 Å². The van der Waals surface area contributed by atoms with E-state index in [0.29, 0.717) is 22.8 Å². The highest BCUT2D eigenvalue weighted by molar-refractivity contribution is 8.22. The van der Waals surface area contributed by atoms with Crippen LogP contribution in [0.2, 0.25) is 0 Å². The second-order valence-electron chi connectivity index (χ2n) is 4.26. The SMILES string of the molecule is CNN(C)C(=O)CCSC1=C(C(=O)O)N2C(=O)C[C@H]2S1.